The molecule has 0 aromatic heterocycles. The lowest BCUT2D eigenvalue weighted by atomic mass is 9.75. The Kier molecular flexibility index (Phi) is 2.83. The first-order valence-electron chi connectivity index (χ1n) is 6.53. The summed E-state index contributed by atoms with van der Waals surface area (Å²) in [6.07, 6.45) is 2.48. The largest absolute Gasteiger partial charge is 0.371 e. The van der Waals surface area contributed by atoms with Crippen LogP contribution in [0.15, 0.2) is 24.3 Å². The first-order valence-corrected chi connectivity index (χ1v) is 6.93. The molecule has 0 amide bonds. The van der Waals surface area contributed by atoms with Crippen LogP contribution >= 0.6 is 12.8 Å². The molecule has 2 heterocycles. The summed E-state index contributed by atoms with van der Waals surface area (Å²) >= 11 is 4.47. The van der Waals surface area contributed by atoms with Crippen LogP contribution in [0.3, 0.4) is 0 Å². The van der Waals surface area contributed by atoms with E-state index >= 15 is 0 Å². The minimum absolute atomic E-state index is 0.395. The van der Waals surface area contributed by atoms with Gasteiger partial charge in [-0.2, -0.15) is 0 Å². The highest BCUT2D eigenvalue weighted by atomic mass is 32.1. The highest BCUT2D eigenvalue weighted by molar-refractivity contribution is 7.77. The van der Waals surface area contributed by atoms with E-state index in [-0.39, 0.29) is 0 Å². The van der Waals surface area contributed by atoms with Gasteiger partial charge in [0.2, 0.25) is 0 Å². The lowest BCUT2D eigenvalue weighted by Gasteiger charge is -2.37. The molecule has 2 nitrogen and oxygen atoms in total. The number of benzene rings is 1. The Morgan fingerprint density at radius 3 is 2.65 bits per heavy atom. The van der Waals surface area contributed by atoms with Crippen LogP contribution in [-0.2, 0) is 5.41 Å². The van der Waals surface area contributed by atoms with Gasteiger partial charge < -0.3 is 4.90 Å². The number of rotatable bonds is 1. The number of fused-ring (bicyclic) bond motifs is 2. The topological polar surface area (TPSA) is 6.48 Å². The Balaban J connectivity index is 1.98. The molecule has 1 aromatic carbocycles. The molecule has 17 heavy (non-hydrogen) atoms. The monoisotopic (exact) mass is 248 g/mol. The average molecular weight is 248 g/mol. The first kappa shape index (κ1) is 11.4. The molecule has 1 saturated heterocycles. The van der Waals surface area contributed by atoms with Crippen molar-refractivity contribution in [2.45, 2.75) is 25.2 Å². The Bertz CT molecular complexity index is 410. The quantitative estimate of drug-likeness (QED) is 0.763. The summed E-state index contributed by atoms with van der Waals surface area (Å²) in [5, 5.41) is 0. The lowest BCUT2D eigenvalue weighted by Crippen LogP contribution is -2.42. The molecule has 0 unspecified atom stereocenters. The second kappa shape index (κ2) is 4.21. The number of anilines is 1. The molecule has 3 heteroatoms. The third-order valence-electron chi connectivity index (χ3n) is 4.39. The molecule has 1 fully saturated rings. The Hall–Kier alpha value is -0.670. The molecule has 1 aromatic rings. The molecule has 0 N–H and O–H groups in total. The van der Waals surface area contributed by atoms with E-state index in [0.29, 0.717) is 5.41 Å². The van der Waals surface area contributed by atoms with E-state index in [1.165, 1.54) is 25.1 Å². The fourth-order valence-electron chi connectivity index (χ4n) is 3.37. The number of thiol groups is 1. The van der Waals surface area contributed by atoms with Crippen molar-refractivity contribution in [2.75, 3.05) is 31.1 Å². The van der Waals surface area contributed by atoms with Crippen molar-refractivity contribution in [1.82, 2.24) is 4.31 Å². The first-order chi connectivity index (χ1) is 8.25. The molecule has 92 valence electrons. The number of piperidine rings is 1. The van der Waals surface area contributed by atoms with Crippen LogP contribution < -0.4 is 4.90 Å². The van der Waals surface area contributed by atoms with Gasteiger partial charge >= 0.3 is 0 Å². The maximum Gasteiger partial charge on any atom is 0.0405 e. The molecular formula is C14H20N2S. The second-order valence-electron chi connectivity index (χ2n) is 5.27. The van der Waals surface area contributed by atoms with Gasteiger partial charge in [-0.3, -0.25) is 4.31 Å². The number of nitrogens with zero attached hydrogens (tertiary/aromatic N) is 2. The minimum atomic E-state index is 0.395. The summed E-state index contributed by atoms with van der Waals surface area (Å²) in [5.41, 5.74) is 3.43. The maximum absolute atomic E-state index is 4.47. The molecule has 0 radical (unpaired) electrons. The van der Waals surface area contributed by atoms with E-state index in [0.717, 1.165) is 19.6 Å². The van der Waals surface area contributed by atoms with Crippen molar-refractivity contribution < 1.29 is 0 Å². The molecule has 0 aliphatic carbocycles. The summed E-state index contributed by atoms with van der Waals surface area (Å²) in [6.45, 7) is 6.78. The summed E-state index contributed by atoms with van der Waals surface area (Å²) < 4.78 is 2.16. The Morgan fingerprint density at radius 1 is 1.24 bits per heavy atom. The minimum Gasteiger partial charge on any atom is -0.371 e. The highest BCUT2D eigenvalue weighted by Gasteiger charge is 2.43. The van der Waals surface area contributed by atoms with Crippen LogP contribution in [-0.4, -0.2) is 30.5 Å². The fourth-order valence-corrected chi connectivity index (χ4v) is 3.57. The number of likely N-dealkylation sites (N-methyl/N-ethyl adjacent to an activating group) is 1. The van der Waals surface area contributed by atoms with E-state index in [1.807, 2.05) is 0 Å². The van der Waals surface area contributed by atoms with Gasteiger partial charge in [0.05, 0.1) is 0 Å². The standard InChI is InChI=1S/C14H20N2S/c1-2-15-11-14(7-9-16(17)10-8-14)12-5-3-4-6-13(12)15/h3-6,17H,2,7-11H2,1H3. The summed E-state index contributed by atoms with van der Waals surface area (Å²) in [4.78, 5) is 2.53. The Morgan fingerprint density at radius 2 is 1.94 bits per heavy atom. The highest BCUT2D eigenvalue weighted by Crippen LogP contribution is 2.46. The van der Waals surface area contributed by atoms with E-state index in [2.05, 4.69) is 53.2 Å². The van der Waals surface area contributed by atoms with Crippen LogP contribution in [0.2, 0.25) is 0 Å². The van der Waals surface area contributed by atoms with Crippen molar-refractivity contribution in [2.24, 2.45) is 0 Å². The van der Waals surface area contributed by atoms with Gasteiger partial charge in [0, 0.05) is 37.3 Å². The number of para-hydroxylation sites is 1. The molecule has 0 saturated carbocycles. The zero-order valence-corrected chi connectivity index (χ0v) is 11.3. The third-order valence-corrected chi connectivity index (χ3v) is 4.79. The smallest absolute Gasteiger partial charge is 0.0405 e. The van der Waals surface area contributed by atoms with Crippen LogP contribution in [0.4, 0.5) is 5.69 Å². The van der Waals surface area contributed by atoms with E-state index < -0.39 is 0 Å². The summed E-state index contributed by atoms with van der Waals surface area (Å²) in [5.74, 6) is 0. The van der Waals surface area contributed by atoms with Gasteiger partial charge in [-0.15, -0.1) is 0 Å². The van der Waals surface area contributed by atoms with Crippen molar-refractivity contribution in [3.05, 3.63) is 29.8 Å². The molecule has 3 rings (SSSR count). The molecule has 0 bridgehead atoms. The predicted octanol–water partition coefficient (Wildman–Crippen LogP) is 2.70. The van der Waals surface area contributed by atoms with Gasteiger partial charge in [0.15, 0.2) is 0 Å². The van der Waals surface area contributed by atoms with E-state index in [4.69, 9.17) is 0 Å². The fraction of sp³-hybridized carbons (Fsp3) is 0.571. The zero-order valence-electron chi connectivity index (χ0n) is 10.4. The van der Waals surface area contributed by atoms with Gasteiger partial charge in [0.1, 0.15) is 0 Å². The average Bonchev–Trinajstić information content (AvgIpc) is 2.68. The van der Waals surface area contributed by atoms with Gasteiger partial charge in [-0.1, -0.05) is 31.0 Å². The van der Waals surface area contributed by atoms with Crippen molar-refractivity contribution in [1.29, 1.82) is 0 Å². The van der Waals surface area contributed by atoms with E-state index in [9.17, 15) is 0 Å². The number of hydrogen-bond acceptors (Lipinski definition) is 3. The third kappa shape index (κ3) is 1.76. The van der Waals surface area contributed by atoms with Crippen LogP contribution in [0.5, 0.6) is 0 Å². The Labute approximate surface area is 109 Å². The zero-order chi connectivity index (χ0) is 11.9. The number of hydrogen-bond donors (Lipinski definition) is 1. The van der Waals surface area contributed by atoms with E-state index in [1.54, 1.807) is 5.56 Å². The molecule has 0 atom stereocenters. The normalized spacial score (nSPS) is 23.1. The molecule has 1 spiro atoms. The summed E-state index contributed by atoms with van der Waals surface area (Å²) in [7, 11) is 0. The summed E-state index contributed by atoms with van der Waals surface area (Å²) in [6, 6.07) is 8.96. The molecule has 2 aliphatic rings. The van der Waals surface area contributed by atoms with Crippen LogP contribution in [0.25, 0.3) is 0 Å². The van der Waals surface area contributed by atoms with Gasteiger partial charge in [-0.05, 0) is 31.4 Å². The SMILES string of the molecule is CCN1CC2(CCN(S)CC2)c2ccccc21. The second-order valence-corrected chi connectivity index (χ2v) is 5.83. The van der Waals surface area contributed by atoms with Crippen molar-refractivity contribution in [3.8, 4) is 0 Å². The van der Waals surface area contributed by atoms with Crippen molar-refractivity contribution in [3.63, 3.8) is 0 Å². The lowest BCUT2D eigenvalue weighted by molar-refractivity contribution is 0.260. The van der Waals surface area contributed by atoms with Crippen LogP contribution in [0.1, 0.15) is 25.3 Å². The van der Waals surface area contributed by atoms with Crippen molar-refractivity contribution >= 4 is 18.5 Å². The maximum atomic E-state index is 4.47. The molecule has 2 aliphatic heterocycles. The van der Waals surface area contributed by atoms with Gasteiger partial charge in [0.25, 0.3) is 0 Å². The predicted molar refractivity (Wildman–Crippen MR) is 75.8 cm³/mol. The van der Waals surface area contributed by atoms with Gasteiger partial charge in [-0.25, -0.2) is 0 Å². The van der Waals surface area contributed by atoms with Crippen LogP contribution in [0, 0.1) is 0 Å². The molecular weight excluding hydrogens is 228 g/mol.